The van der Waals surface area contributed by atoms with Crippen LogP contribution in [0.5, 0.6) is 12.0 Å². The summed E-state index contributed by atoms with van der Waals surface area (Å²) in [6, 6.07) is 23.5. The van der Waals surface area contributed by atoms with E-state index in [1.807, 2.05) is 42.7 Å². The molecule has 6 aliphatic heterocycles. The molecule has 0 radical (unpaired) electrons. The molecule has 25 heteroatoms. The van der Waals surface area contributed by atoms with Gasteiger partial charge in [-0.3, -0.25) is 19.8 Å². The first-order valence-corrected chi connectivity index (χ1v) is 32.4. The van der Waals surface area contributed by atoms with Gasteiger partial charge in [0, 0.05) is 86.3 Å². The molecule has 0 spiro atoms. The van der Waals surface area contributed by atoms with Crippen LogP contribution in [0.15, 0.2) is 92.3 Å². The number of rotatable bonds is 16. The summed E-state index contributed by atoms with van der Waals surface area (Å²) in [6.07, 6.45) is 12.2. The number of allylic oxidation sites excluding steroid dienone is 1. The molecule has 93 heavy (non-hydrogen) atoms. The van der Waals surface area contributed by atoms with E-state index in [-0.39, 0.29) is 37.4 Å². The van der Waals surface area contributed by atoms with Gasteiger partial charge in [-0.05, 0) is 120 Å². The van der Waals surface area contributed by atoms with Crippen molar-refractivity contribution in [1.29, 1.82) is 10.5 Å². The van der Waals surface area contributed by atoms with Crippen LogP contribution in [0.2, 0.25) is 0 Å². The number of likely N-dealkylation sites (tertiary alicyclic amines) is 2. The Balaban J connectivity index is 0.000000179. The zero-order chi connectivity index (χ0) is 65.1. The number of H-pyrrole nitrogens is 2. The van der Waals surface area contributed by atoms with Crippen LogP contribution in [0.3, 0.4) is 0 Å². The number of halogens is 1. The van der Waals surface area contributed by atoms with Crippen molar-refractivity contribution < 1.29 is 28.6 Å². The Morgan fingerprint density at radius 1 is 0.624 bits per heavy atom. The summed E-state index contributed by atoms with van der Waals surface area (Å²) in [5.74, 6) is 1.55. The predicted octanol–water partition coefficient (Wildman–Crippen LogP) is 8.19. The van der Waals surface area contributed by atoms with E-state index < -0.39 is 11.3 Å². The standard InChI is InChI=1S/C35H41N9O3.C30H37N9O2.C3H3ClO/c1-24-10-11-26-19-37-40-31(26)32(24)42-16-13-29-30(21-42)38-34(46-23-28-9-6-15-41(28)2)39-33(29)43-17-18-44(27(20-43)12-14-36)35(45)47-22-25-7-4-3-5-8-25;1-4-26(40)39-15-14-38(17-22(39)9-11-31)29-24-10-13-37(28-20(2)7-8-21-16-32-35-27(21)28)18-25(24)33-30(34-29)41-19-23-6-5-12-36(23)3;1-2-3(4)5/h3-5,7-8,10-11,19,27-28H,6,9,12-13,15-18,20-23H2,1-2H3,(H,37,40);4,7-8,16,22-23H,1,5-6,9-10,12-15,17-19H2,2-3H3,(H,32,35);2H,1H2/t27?,28-;22?,23-;/m00./s1. The number of carbonyl (C=O) groups is 3. The molecule has 4 aromatic heterocycles. The Morgan fingerprint density at radius 3 is 1.56 bits per heavy atom. The minimum atomic E-state index is -0.509. The van der Waals surface area contributed by atoms with Crippen molar-refractivity contribution in [3.8, 4) is 24.2 Å². The minimum Gasteiger partial charge on any atom is -0.462 e. The molecule has 3 aromatic carbocycles. The van der Waals surface area contributed by atoms with E-state index >= 15 is 0 Å². The third-order valence-electron chi connectivity index (χ3n) is 18.7. The van der Waals surface area contributed by atoms with Crippen LogP contribution in [0.4, 0.5) is 27.8 Å². The summed E-state index contributed by atoms with van der Waals surface area (Å²) < 4.78 is 18.3. The van der Waals surface area contributed by atoms with Crippen molar-refractivity contribution in [2.24, 2.45) is 0 Å². The van der Waals surface area contributed by atoms with Crippen LogP contribution in [-0.4, -0.2) is 194 Å². The van der Waals surface area contributed by atoms with Crippen molar-refractivity contribution in [3.05, 3.63) is 132 Å². The molecule has 0 bridgehead atoms. The van der Waals surface area contributed by atoms with Crippen LogP contribution >= 0.6 is 11.6 Å². The maximum atomic E-state index is 13.2. The van der Waals surface area contributed by atoms with Crippen molar-refractivity contribution in [3.63, 3.8) is 0 Å². The molecule has 4 atom stereocenters. The molecule has 4 saturated heterocycles. The van der Waals surface area contributed by atoms with Gasteiger partial charge in [-0.15, -0.1) is 0 Å². The number of likely N-dealkylation sites (N-methyl/N-ethyl adjacent to an activating group) is 2. The van der Waals surface area contributed by atoms with Gasteiger partial charge < -0.3 is 53.4 Å². The number of amides is 2. The lowest BCUT2D eigenvalue weighted by Crippen LogP contribution is -2.55. The second-order valence-electron chi connectivity index (χ2n) is 24.6. The molecule has 2 N–H and O–H groups in total. The van der Waals surface area contributed by atoms with Gasteiger partial charge >= 0.3 is 18.1 Å². The van der Waals surface area contributed by atoms with Gasteiger partial charge in [-0.1, -0.05) is 67.8 Å². The van der Waals surface area contributed by atoms with Gasteiger partial charge in [-0.2, -0.15) is 40.7 Å². The highest BCUT2D eigenvalue weighted by Crippen LogP contribution is 2.39. The molecule has 10 heterocycles. The summed E-state index contributed by atoms with van der Waals surface area (Å²) in [6.45, 7) is 20.3. The zero-order valence-electron chi connectivity index (χ0n) is 53.5. The van der Waals surface area contributed by atoms with E-state index in [0.717, 1.165) is 137 Å². The number of aromatic amines is 2. The fourth-order valence-electron chi connectivity index (χ4n) is 13.7. The maximum Gasteiger partial charge on any atom is 0.410 e. The molecule has 0 saturated carbocycles. The third kappa shape index (κ3) is 14.9. The van der Waals surface area contributed by atoms with Gasteiger partial charge in [0.15, 0.2) is 0 Å². The Labute approximate surface area is 547 Å². The lowest BCUT2D eigenvalue weighted by molar-refractivity contribution is -0.128. The lowest BCUT2D eigenvalue weighted by Gasteiger charge is -2.42. The van der Waals surface area contributed by atoms with E-state index in [9.17, 15) is 24.9 Å². The van der Waals surface area contributed by atoms with E-state index in [0.29, 0.717) is 89.7 Å². The Morgan fingerprint density at radius 2 is 1.11 bits per heavy atom. The topological polar surface area (TPSA) is 261 Å². The second-order valence-corrected chi connectivity index (χ2v) is 24.9. The smallest absolute Gasteiger partial charge is 0.410 e. The zero-order valence-corrected chi connectivity index (χ0v) is 54.2. The molecular weight excluding hydrogens is 1200 g/mol. The first kappa shape index (κ1) is 65.1. The van der Waals surface area contributed by atoms with Crippen molar-refractivity contribution in [1.82, 2.24) is 59.9 Å². The molecule has 6 aliphatic rings. The lowest BCUT2D eigenvalue weighted by atomic mass is 10.0. The highest BCUT2D eigenvalue weighted by Gasteiger charge is 2.37. The Kier molecular flexibility index (Phi) is 21.0. The van der Waals surface area contributed by atoms with Gasteiger partial charge in [0.1, 0.15) is 31.5 Å². The fraction of sp³-hybridized carbons (Fsp3) is 0.456. The van der Waals surface area contributed by atoms with E-state index in [4.69, 9.17) is 45.7 Å². The van der Waals surface area contributed by atoms with Gasteiger partial charge in [0.05, 0.1) is 96.3 Å². The normalized spacial score (nSPS) is 19.7. The average Bonchev–Trinajstić information content (AvgIpc) is 1.61. The molecule has 486 valence electrons. The predicted molar refractivity (Wildman–Crippen MR) is 356 cm³/mol. The number of carbonyl (C=O) groups excluding carboxylic acids is 3. The third-order valence-corrected chi connectivity index (χ3v) is 18.8. The Bertz CT molecular complexity index is 3920. The highest BCUT2D eigenvalue weighted by molar-refractivity contribution is 6.66. The van der Waals surface area contributed by atoms with Crippen molar-refractivity contribution in [2.75, 3.05) is 112 Å². The summed E-state index contributed by atoms with van der Waals surface area (Å²) in [5.41, 5.74) is 11.7. The molecule has 2 amide bonds. The number of piperazine rings is 2. The molecule has 2 unspecified atom stereocenters. The van der Waals surface area contributed by atoms with Crippen LogP contribution in [0.1, 0.15) is 77.7 Å². The Hall–Kier alpha value is -9.36. The van der Waals surface area contributed by atoms with Crippen molar-refractivity contribution in [2.45, 2.75) is 109 Å². The average molecular weight is 1280 g/mol. The number of ether oxygens (including phenoxy) is 3. The molecule has 24 nitrogen and oxygen atoms in total. The molecule has 0 aliphatic carbocycles. The number of aromatic nitrogens is 8. The number of aryl methyl sites for hydroxylation is 2. The minimum absolute atomic E-state index is 0.140. The quantitative estimate of drug-likeness (QED) is 0.0682. The summed E-state index contributed by atoms with van der Waals surface area (Å²) >= 11 is 4.71. The number of nitrogens with one attached hydrogen (secondary N) is 2. The number of hydrogen-bond donors (Lipinski definition) is 2. The number of fused-ring (bicyclic) bond motifs is 4. The second kappa shape index (κ2) is 29.9. The van der Waals surface area contributed by atoms with E-state index in [2.05, 4.69) is 127 Å². The molecule has 13 rings (SSSR count). The number of benzene rings is 3. The van der Waals surface area contributed by atoms with Crippen LogP contribution in [0, 0.1) is 36.5 Å². The number of nitrogens with zero attached hydrogens (tertiary/aromatic N) is 16. The van der Waals surface area contributed by atoms with Crippen molar-refractivity contribution >= 4 is 73.7 Å². The first-order chi connectivity index (χ1) is 45.2. The van der Waals surface area contributed by atoms with Gasteiger partial charge in [0.25, 0.3) is 0 Å². The highest BCUT2D eigenvalue weighted by atomic mass is 35.5. The number of hydrogen-bond acceptors (Lipinski definition) is 20. The van der Waals surface area contributed by atoms with Crippen LogP contribution in [0.25, 0.3) is 21.8 Å². The van der Waals surface area contributed by atoms with E-state index in [1.165, 1.54) is 23.6 Å². The summed E-state index contributed by atoms with van der Waals surface area (Å²) in [5, 5.41) is 35.8. The molecule has 4 fully saturated rings. The summed E-state index contributed by atoms with van der Waals surface area (Å²) in [7, 11) is 4.27. The van der Waals surface area contributed by atoms with Crippen LogP contribution < -0.4 is 29.1 Å². The fourth-order valence-corrected chi connectivity index (χ4v) is 13.7. The first-order valence-electron chi connectivity index (χ1n) is 32.0. The van der Waals surface area contributed by atoms with Gasteiger partial charge in [0.2, 0.25) is 11.1 Å². The molecule has 7 aromatic rings. The maximum absolute atomic E-state index is 13.2. The largest absolute Gasteiger partial charge is 0.462 e. The van der Waals surface area contributed by atoms with Crippen LogP contribution in [-0.2, 0) is 46.9 Å². The SMILES string of the molecule is C=CC(=O)Cl.C=CC(=O)N1CCN(c2nc(OC[C@@H]3CCCN3C)nc3c2CCN(c2c(C)ccc4cn[nH]c24)C3)CC1CC#N.Cc1ccc2cn[nH]c2c1N1CCc2c(nc(OC[C@@H]3CCCN3C)nc2N2CCN(C(=O)OCc3ccccc3)C(CC#N)C2)C1. The van der Waals surface area contributed by atoms with Gasteiger partial charge in [-0.25, -0.2) is 4.79 Å². The monoisotopic (exact) mass is 1280 g/mol. The molecular formula is C68H81ClN18O6. The summed E-state index contributed by atoms with van der Waals surface area (Å²) in [4.78, 5) is 72.4. The number of nitriles is 2. The number of anilines is 4. The van der Waals surface area contributed by atoms with E-state index in [1.54, 1.807) is 9.80 Å².